The molecule has 0 atom stereocenters. The Bertz CT molecular complexity index is 508. The van der Waals surface area contributed by atoms with Crippen molar-refractivity contribution in [3.8, 4) is 5.75 Å². The van der Waals surface area contributed by atoms with Crippen LogP contribution in [0.1, 0.15) is 30.1 Å². The summed E-state index contributed by atoms with van der Waals surface area (Å²) in [6.07, 6.45) is 1.80. The number of benzene rings is 1. The molecule has 6 heteroatoms. The molecule has 1 fully saturated rings. The number of rotatable bonds is 5. The molecule has 1 aromatic rings. The van der Waals surface area contributed by atoms with Crippen molar-refractivity contribution < 1.29 is 19.2 Å². The van der Waals surface area contributed by atoms with Crippen molar-refractivity contribution in [3.63, 3.8) is 0 Å². The summed E-state index contributed by atoms with van der Waals surface area (Å²) in [5.74, 6) is 0.367. The molecule has 108 valence electrons. The van der Waals surface area contributed by atoms with Gasteiger partial charge in [0.15, 0.2) is 11.5 Å². The van der Waals surface area contributed by atoms with Crippen molar-refractivity contribution in [2.75, 3.05) is 19.8 Å². The average molecular weight is 279 g/mol. The largest absolute Gasteiger partial charge is 0.487 e. The number of carbonyl (C=O) groups excluding carboxylic acids is 1. The van der Waals surface area contributed by atoms with Crippen molar-refractivity contribution >= 4 is 11.5 Å². The van der Waals surface area contributed by atoms with Crippen LogP contribution >= 0.6 is 0 Å². The zero-order valence-corrected chi connectivity index (χ0v) is 11.3. The Morgan fingerprint density at radius 2 is 2.15 bits per heavy atom. The smallest absolute Gasteiger partial charge is 0.311 e. The van der Waals surface area contributed by atoms with E-state index in [0.717, 1.165) is 12.8 Å². The van der Waals surface area contributed by atoms with Crippen LogP contribution in [-0.4, -0.2) is 30.5 Å². The Kier molecular flexibility index (Phi) is 4.68. The van der Waals surface area contributed by atoms with Gasteiger partial charge < -0.3 is 9.47 Å². The maximum Gasteiger partial charge on any atom is 0.311 e. The maximum atomic E-state index is 11.3. The SMILES string of the molecule is CC(=O)c1ccc(OCC2CCOCC2)c([N+](=O)[O-])c1. The van der Waals surface area contributed by atoms with Gasteiger partial charge in [0, 0.05) is 24.8 Å². The van der Waals surface area contributed by atoms with Crippen LogP contribution in [0.15, 0.2) is 18.2 Å². The Morgan fingerprint density at radius 1 is 1.45 bits per heavy atom. The molecule has 0 amide bonds. The predicted octanol–water partition coefficient (Wildman–Crippen LogP) is 2.60. The average Bonchev–Trinajstić information content (AvgIpc) is 2.45. The van der Waals surface area contributed by atoms with Crippen molar-refractivity contribution in [3.05, 3.63) is 33.9 Å². The molecule has 20 heavy (non-hydrogen) atoms. The van der Waals surface area contributed by atoms with Gasteiger partial charge in [0.05, 0.1) is 11.5 Å². The van der Waals surface area contributed by atoms with E-state index in [1.54, 1.807) is 6.07 Å². The van der Waals surface area contributed by atoms with Crippen LogP contribution in [0.25, 0.3) is 0 Å². The van der Waals surface area contributed by atoms with Gasteiger partial charge in [-0.05, 0) is 37.8 Å². The molecule has 1 aromatic carbocycles. The lowest BCUT2D eigenvalue weighted by Gasteiger charge is -2.22. The van der Waals surface area contributed by atoms with Crippen LogP contribution in [-0.2, 0) is 4.74 Å². The number of ketones is 1. The molecule has 0 radical (unpaired) electrons. The molecule has 1 aliphatic rings. The molecular formula is C14H17NO5. The minimum absolute atomic E-state index is 0.162. The normalized spacial score (nSPS) is 15.8. The highest BCUT2D eigenvalue weighted by Crippen LogP contribution is 2.29. The van der Waals surface area contributed by atoms with Crippen LogP contribution in [0.4, 0.5) is 5.69 Å². The molecule has 0 bridgehead atoms. The van der Waals surface area contributed by atoms with Gasteiger partial charge >= 0.3 is 5.69 Å². The number of nitrogens with zero attached hydrogens (tertiary/aromatic N) is 1. The van der Waals surface area contributed by atoms with Crippen molar-refractivity contribution in [1.29, 1.82) is 0 Å². The second kappa shape index (κ2) is 6.47. The van der Waals surface area contributed by atoms with E-state index in [4.69, 9.17) is 9.47 Å². The molecule has 1 saturated heterocycles. The molecule has 0 aliphatic carbocycles. The van der Waals surface area contributed by atoms with Crippen LogP contribution in [0.2, 0.25) is 0 Å². The zero-order valence-electron chi connectivity index (χ0n) is 11.3. The van der Waals surface area contributed by atoms with Gasteiger partial charge in [-0.2, -0.15) is 0 Å². The lowest BCUT2D eigenvalue weighted by Crippen LogP contribution is -2.21. The molecule has 1 heterocycles. The minimum atomic E-state index is -0.522. The topological polar surface area (TPSA) is 78.7 Å². The number of nitro benzene ring substituents is 1. The van der Waals surface area contributed by atoms with E-state index in [9.17, 15) is 14.9 Å². The fourth-order valence-corrected chi connectivity index (χ4v) is 2.12. The summed E-state index contributed by atoms with van der Waals surface area (Å²) in [5.41, 5.74) is 0.153. The van der Waals surface area contributed by atoms with Crippen LogP contribution < -0.4 is 4.74 Å². The standard InChI is InChI=1S/C14H17NO5/c1-10(16)12-2-3-14(13(8-12)15(17)18)20-9-11-4-6-19-7-5-11/h2-3,8,11H,4-7,9H2,1H3. The number of Topliss-reactive ketones (excluding diaryl/α,β-unsaturated/α-hetero) is 1. The van der Waals surface area contributed by atoms with Crippen molar-refractivity contribution in [1.82, 2.24) is 0 Å². The molecule has 0 N–H and O–H groups in total. The molecule has 1 aliphatic heterocycles. The summed E-state index contributed by atoms with van der Waals surface area (Å²) in [6.45, 7) is 3.23. The third kappa shape index (κ3) is 3.54. The zero-order chi connectivity index (χ0) is 14.5. The Balaban J connectivity index is 2.09. The fraction of sp³-hybridized carbons (Fsp3) is 0.500. The Hall–Kier alpha value is -1.95. The summed E-state index contributed by atoms with van der Waals surface area (Å²) in [7, 11) is 0. The highest BCUT2D eigenvalue weighted by Gasteiger charge is 2.20. The number of hydrogen-bond donors (Lipinski definition) is 0. The van der Waals surface area contributed by atoms with Gasteiger partial charge in [0.1, 0.15) is 0 Å². The first-order valence-electron chi connectivity index (χ1n) is 6.58. The van der Waals surface area contributed by atoms with E-state index >= 15 is 0 Å². The van der Waals surface area contributed by atoms with Crippen LogP contribution in [0.3, 0.4) is 0 Å². The molecule has 6 nitrogen and oxygen atoms in total. The summed E-state index contributed by atoms with van der Waals surface area (Å²) >= 11 is 0. The number of ether oxygens (including phenoxy) is 2. The van der Waals surface area contributed by atoms with E-state index in [2.05, 4.69) is 0 Å². The summed E-state index contributed by atoms with van der Waals surface area (Å²) in [6, 6.07) is 4.31. The van der Waals surface area contributed by atoms with Gasteiger partial charge in [-0.25, -0.2) is 0 Å². The van der Waals surface area contributed by atoms with Crippen LogP contribution in [0, 0.1) is 16.0 Å². The highest BCUT2D eigenvalue weighted by atomic mass is 16.6. The minimum Gasteiger partial charge on any atom is -0.487 e. The van der Waals surface area contributed by atoms with E-state index < -0.39 is 4.92 Å². The first-order valence-corrected chi connectivity index (χ1v) is 6.58. The number of carbonyl (C=O) groups is 1. The molecule has 0 unspecified atom stereocenters. The van der Waals surface area contributed by atoms with Gasteiger partial charge in [-0.15, -0.1) is 0 Å². The lowest BCUT2D eigenvalue weighted by atomic mass is 10.0. The first-order chi connectivity index (χ1) is 9.58. The third-order valence-corrected chi connectivity index (χ3v) is 3.38. The van der Waals surface area contributed by atoms with E-state index in [1.165, 1.54) is 19.1 Å². The van der Waals surface area contributed by atoms with Gasteiger partial charge in [0.25, 0.3) is 0 Å². The van der Waals surface area contributed by atoms with E-state index in [0.29, 0.717) is 31.3 Å². The fourth-order valence-electron chi connectivity index (χ4n) is 2.12. The molecule has 2 rings (SSSR count). The summed E-state index contributed by atoms with van der Waals surface area (Å²) in [4.78, 5) is 21.8. The summed E-state index contributed by atoms with van der Waals surface area (Å²) < 4.78 is 10.8. The number of hydrogen-bond acceptors (Lipinski definition) is 5. The van der Waals surface area contributed by atoms with E-state index in [1.807, 2.05) is 0 Å². The Labute approximate surface area is 116 Å². The molecule has 0 spiro atoms. The lowest BCUT2D eigenvalue weighted by molar-refractivity contribution is -0.385. The first kappa shape index (κ1) is 14.5. The predicted molar refractivity (Wildman–Crippen MR) is 72.1 cm³/mol. The molecule has 0 aromatic heterocycles. The monoisotopic (exact) mass is 279 g/mol. The second-order valence-corrected chi connectivity index (χ2v) is 4.86. The summed E-state index contributed by atoms with van der Waals surface area (Å²) in [5, 5.41) is 11.0. The maximum absolute atomic E-state index is 11.3. The van der Waals surface area contributed by atoms with Gasteiger partial charge in [-0.1, -0.05) is 0 Å². The van der Waals surface area contributed by atoms with E-state index in [-0.39, 0.29) is 17.2 Å². The molecule has 0 saturated carbocycles. The number of nitro groups is 1. The van der Waals surface area contributed by atoms with Crippen molar-refractivity contribution in [2.45, 2.75) is 19.8 Å². The highest BCUT2D eigenvalue weighted by molar-refractivity contribution is 5.95. The Morgan fingerprint density at radius 3 is 2.75 bits per heavy atom. The molecular weight excluding hydrogens is 262 g/mol. The van der Waals surface area contributed by atoms with Crippen molar-refractivity contribution in [2.24, 2.45) is 5.92 Å². The van der Waals surface area contributed by atoms with Crippen LogP contribution in [0.5, 0.6) is 5.75 Å². The van der Waals surface area contributed by atoms with Gasteiger partial charge in [0.2, 0.25) is 0 Å². The quantitative estimate of drug-likeness (QED) is 0.470. The second-order valence-electron chi connectivity index (χ2n) is 4.86. The van der Waals surface area contributed by atoms with Gasteiger partial charge in [-0.3, -0.25) is 14.9 Å². The third-order valence-electron chi connectivity index (χ3n) is 3.38.